The second kappa shape index (κ2) is 5.87. The molecule has 0 aliphatic heterocycles. The smallest absolute Gasteiger partial charge is 0.320 e. The maximum Gasteiger partial charge on any atom is 0.320 e. The van der Waals surface area contributed by atoms with Crippen LogP contribution < -0.4 is 0 Å². The van der Waals surface area contributed by atoms with Crippen LogP contribution in [0.15, 0.2) is 23.5 Å². The molecule has 0 amide bonds. The van der Waals surface area contributed by atoms with Crippen molar-refractivity contribution in [2.75, 3.05) is 6.26 Å². The number of aromatic hydroxyl groups is 1. The minimum atomic E-state index is -1.15. The molecular formula is C18H26N2O2S. The second-order valence-electron chi connectivity index (χ2n) is 7.96. The summed E-state index contributed by atoms with van der Waals surface area (Å²) in [4.78, 5) is 7.38. The third kappa shape index (κ3) is 3.72. The number of nitrogens with one attached hydrogen (secondary N) is 1. The highest BCUT2D eigenvalue weighted by Gasteiger charge is 2.27. The van der Waals surface area contributed by atoms with Gasteiger partial charge < -0.3 is 14.6 Å². The fourth-order valence-electron chi connectivity index (χ4n) is 2.52. The number of rotatable bonds is 2. The molecule has 23 heavy (non-hydrogen) atoms. The lowest BCUT2D eigenvalue weighted by molar-refractivity contribution is 0.423. The van der Waals surface area contributed by atoms with E-state index in [1.807, 2.05) is 12.1 Å². The number of aromatic nitrogens is 2. The van der Waals surface area contributed by atoms with Crippen LogP contribution in [0.1, 0.15) is 52.7 Å². The molecule has 0 aliphatic carbocycles. The SMILES string of the molecule is C[S+]([O-])c1nc(-c2cc(C(C)(C)C)c(O)c(C(C)(C)C)c2)c[nH]1. The van der Waals surface area contributed by atoms with E-state index in [1.54, 1.807) is 12.5 Å². The molecule has 0 saturated carbocycles. The maximum absolute atomic E-state index is 11.6. The van der Waals surface area contributed by atoms with E-state index >= 15 is 0 Å². The van der Waals surface area contributed by atoms with E-state index in [-0.39, 0.29) is 10.8 Å². The normalized spacial score (nSPS) is 14.1. The van der Waals surface area contributed by atoms with Gasteiger partial charge in [0, 0.05) is 34.1 Å². The monoisotopic (exact) mass is 334 g/mol. The minimum absolute atomic E-state index is 0.188. The molecule has 0 spiro atoms. The molecule has 1 aromatic carbocycles. The quantitative estimate of drug-likeness (QED) is 0.812. The zero-order chi connectivity index (χ0) is 17.6. The Balaban J connectivity index is 2.68. The summed E-state index contributed by atoms with van der Waals surface area (Å²) in [5.74, 6) is 0.351. The van der Waals surface area contributed by atoms with Gasteiger partial charge in [-0.1, -0.05) is 41.5 Å². The van der Waals surface area contributed by atoms with E-state index in [0.717, 1.165) is 22.4 Å². The number of hydrogen-bond donors (Lipinski definition) is 2. The Labute approximate surface area is 141 Å². The van der Waals surface area contributed by atoms with Gasteiger partial charge in [-0.05, 0) is 23.0 Å². The summed E-state index contributed by atoms with van der Waals surface area (Å²) < 4.78 is 11.6. The lowest BCUT2D eigenvalue weighted by Gasteiger charge is -2.28. The molecule has 0 fully saturated rings. The highest BCUT2D eigenvalue weighted by Crippen LogP contribution is 2.41. The third-order valence-electron chi connectivity index (χ3n) is 3.85. The molecule has 1 heterocycles. The van der Waals surface area contributed by atoms with E-state index in [1.165, 1.54) is 0 Å². The van der Waals surface area contributed by atoms with Gasteiger partial charge in [-0.2, -0.15) is 4.98 Å². The largest absolute Gasteiger partial charge is 0.609 e. The first-order valence-electron chi connectivity index (χ1n) is 7.68. The fourth-order valence-corrected chi connectivity index (χ4v) is 2.98. The second-order valence-corrected chi connectivity index (χ2v) is 9.26. The Morgan fingerprint density at radius 3 is 1.87 bits per heavy atom. The van der Waals surface area contributed by atoms with Crippen LogP contribution in [0, 0.1) is 0 Å². The number of nitrogens with zero attached hydrogens (tertiary/aromatic N) is 1. The lowest BCUT2D eigenvalue weighted by atomic mass is 9.78. The summed E-state index contributed by atoms with van der Waals surface area (Å²) in [6.07, 6.45) is 3.36. The molecule has 0 radical (unpaired) electrons. The first-order chi connectivity index (χ1) is 10.4. The van der Waals surface area contributed by atoms with E-state index in [2.05, 4.69) is 51.5 Å². The van der Waals surface area contributed by atoms with Crippen LogP contribution in [0.2, 0.25) is 0 Å². The molecule has 2 N–H and O–H groups in total. The summed E-state index contributed by atoms with van der Waals surface area (Å²) in [5, 5.41) is 11.2. The lowest BCUT2D eigenvalue weighted by Crippen LogP contribution is -2.17. The molecule has 1 atom stereocenters. The third-order valence-corrected chi connectivity index (χ3v) is 4.60. The van der Waals surface area contributed by atoms with E-state index in [4.69, 9.17) is 0 Å². The van der Waals surface area contributed by atoms with Gasteiger partial charge in [0.2, 0.25) is 0 Å². The number of phenols is 1. The van der Waals surface area contributed by atoms with E-state index in [0.29, 0.717) is 10.9 Å². The van der Waals surface area contributed by atoms with E-state index < -0.39 is 11.2 Å². The molecule has 126 valence electrons. The van der Waals surface area contributed by atoms with Crippen molar-refractivity contribution in [1.29, 1.82) is 0 Å². The molecule has 0 aliphatic rings. The van der Waals surface area contributed by atoms with Crippen molar-refractivity contribution in [2.45, 2.75) is 57.5 Å². The van der Waals surface area contributed by atoms with Crippen LogP contribution in [0.3, 0.4) is 0 Å². The van der Waals surface area contributed by atoms with Crippen molar-refractivity contribution in [2.24, 2.45) is 0 Å². The molecule has 4 nitrogen and oxygen atoms in total. The first-order valence-corrected chi connectivity index (χ1v) is 9.24. The van der Waals surface area contributed by atoms with Gasteiger partial charge in [0.15, 0.2) is 0 Å². The summed E-state index contributed by atoms with van der Waals surface area (Å²) in [6.45, 7) is 12.5. The van der Waals surface area contributed by atoms with Crippen molar-refractivity contribution in [1.82, 2.24) is 9.97 Å². The summed E-state index contributed by atoms with van der Waals surface area (Å²) in [5.41, 5.74) is 3.07. The van der Waals surface area contributed by atoms with Crippen LogP contribution in [-0.4, -0.2) is 25.9 Å². The molecule has 1 aromatic heterocycles. The van der Waals surface area contributed by atoms with Gasteiger partial charge >= 0.3 is 5.16 Å². The zero-order valence-electron chi connectivity index (χ0n) is 14.9. The molecule has 2 rings (SSSR count). The predicted octanol–water partition coefficient (Wildman–Crippen LogP) is 4.11. The van der Waals surface area contributed by atoms with Crippen LogP contribution in [-0.2, 0) is 22.0 Å². The summed E-state index contributed by atoms with van der Waals surface area (Å²) >= 11 is -1.15. The number of phenolic OH excluding ortho intramolecular Hbond substituents is 1. The Morgan fingerprint density at radius 1 is 1.04 bits per heavy atom. The fraction of sp³-hybridized carbons (Fsp3) is 0.500. The van der Waals surface area contributed by atoms with Gasteiger partial charge in [0.25, 0.3) is 0 Å². The van der Waals surface area contributed by atoms with Crippen molar-refractivity contribution in [3.63, 3.8) is 0 Å². The van der Waals surface area contributed by atoms with Gasteiger partial charge in [-0.25, -0.2) is 0 Å². The Morgan fingerprint density at radius 2 is 1.52 bits per heavy atom. The zero-order valence-corrected chi connectivity index (χ0v) is 15.8. The van der Waals surface area contributed by atoms with Crippen LogP contribution >= 0.6 is 0 Å². The topological polar surface area (TPSA) is 72.0 Å². The Kier molecular flexibility index (Phi) is 4.57. The van der Waals surface area contributed by atoms with Crippen molar-refractivity contribution in [3.8, 4) is 17.0 Å². The number of imidazole rings is 1. The van der Waals surface area contributed by atoms with Crippen LogP contribution in [0.5, 0.6) is 5.75 Å². The number of aromatic amines is 1. The molecule has 1 unspecified atom stereocenters. The van der Waals surface area contributed by atoms with Crippen LogP contribution in [0.25, 0.3) is 11.3 Å². The predicted molar refractivity (Wildman–Crippen MR) is 95.4 cm³/mol. The van der Waals surface area contributed by atoms with Gasteiger partial charge in [-0.3, -0.25) is 0 Å². The molecule has 0 bridgehead atoms. The van der Waals surface area contributed by atoms with Crippen LogP contribution in [0.4, 0.5) is 0 Å². The maximum atomic E-state index is 11.6. The molecule has 5 heteroatoms. The standard InChI is InChI=1S/C18H26N2O2S/c1-17(2,3)12-8-11(9-13(15(12)21)18(4,5)6)14-10-19-16(20-14)23(7)22/h8-10,21H,1-7H3,(H,19,20). The molecule has 0 saturated heterocycles. The minimum Gasteiger partial charge on any atom is -0.609 e. The van der Waals surface area contributed by atoms with Crippen molar-refractivity contribution >= 4 is 11.2 Å². The molecule has 2 aromatic rings. The average Bonchev–Trinajstić information content (AvgIpc) is 2.85. The number of benzene rings is 1. The Bertz CT molecular complexity index is 672. The molecular weight excluding hydrogens is 308 g/mol. The summed E-state index contributed by atoms with van der Waals surface area (Å²) in [7, 11) is 0. The number of hydrogen-bond acceptors (Lipinski definition) is 3. The summed E-state index contributed by atoms with van der Waals surface area (Å²) in [6, 6.07) is 3.95. The van der Waals surface area contributed by atoms with Crippen molar-refractivity contribution in [3.05, 3.63) is 29.5 Å². The average molecular weight is 334 g/mol. The van der Waals surface area contributed by atoms with Gasteiger partial charge in [0.1, 0.15) is 12.0 Å². The highest BCUT2D eigenvalue weighted by molar-refractivity contribution is 7.90. The number of H-pyrrole nitrogens is 1. The van der Waals surface area contributed by atoms with Crippen molar-refractivity contribution < 1.29 is 9.66 Å². The van der Waals surface area contributed by atoms with E-state index in [9.17, 15) is 9.66 Å². The van der Waals surface area contributed by atoms with Gasteiger partial charge in [0.05, 0.1) is 5.69 Å². The first kappa shape index (κ1) is 17.9. The highest BCUT2D eigenvalue weighted by atomic mass is 32.2. The van der Waals surface area contributed by atoms with Gasteiger partial charge in [-0.15, -0.1) is 0 Å². The Hall–Kier alpha value is -1.46.